The van der Waals surface area contributed by atoms with Gasteiger partial charge in [0.05, 0.1) is 12.9 Å². The Morgan fingerprint density at radius 1 is 1.30 bits per heavy atom. The molecule has 0 N–H and O–H groups in total. The number of nitrogens with zero attached hydrogens (tertiary/aromatic N) is 2. The Hall–Kier alpha value is -1.92. The summed E-state index contributed by atoms with van der Waals surface area (Å²) in [5, 5.41) is 2.13. The van der Waals surface area contributed by atoms with Gasteiger partial charge in [-0.1, -0.05) is 18.7 Å². The molecule has 0 fully saturated rings. The number of rotatable bonds is 5. The van der Waals surface area contributed by atoms with Crippen molar-refractivity contribution in [2.75, 3.05) is 12.9 Å². The number of benzene rings is 1. The number of carbonyl (C=O) groups excluding carboxylic acids is 1. The van der Waals surface area contributed by atoms with Crippen molar-refractivity contribution in [2.24, 2.45) is 5.92 Å². The van der Waals surface area contributed by atoms with Gasteiger partial charge in [-0.2, -0.15) is 0 Å². The van der Waals surface area contributed by atoms with Gasteiger partial charge in [-0.25, -0.2) is 9.97 Å². The molecular formula is C21H22N2O2S2. The van der Waals surface area contributed by atoms with Crippen molar-refractivity contribution >= 4 is 39.1 Å². The molecule has 0 aliphatic heterocycles. The second-order valence-corrected chi connectivity index (χ2v) is 9.10. The molecule has 0 amide bonds. The van der Waals surface area contributed by atoms with Crippen LogP contribution in [0.5, 0.6) is 5.75 Å². The fraction of sp³-hybridized carbons (Fsp3) is 0.381. The van der Waals surface area contributed by atoms with E-state index in [2.05, 4.69) is 16.9 Å². The zero-order valence-corrected chi connectivity index (χ0v) is 17.4. The number of thioether (sulfide) groups is 1. The molecule has 140 valence electrons. The van der Waals surface area contributed by atoms with Crippen molar-refractivity contribution in [3.05, 3.63) is 46.1 Å². The molecule has 1 aromatic carbocycles. The maximum Gasteiger partial charge on any atom is 0.173 e. The zero-order chi connectivity index (χ0) is 19.0. The number of hydrogen-bond acceptors (Lipinski definition) is 6. The number of ether oxygens (including phenoxy) is 1. The molecule has 1 aliphatic rings. The normalized spacial score (nSPS) is 16.3. The summed E-state index contributed by atoms with van der Waals surface area (Å²) in [6, 6.07) is 7.27. The number of Topliss-reactive ketones (excluding diaryl/α,β-unsaturated/α-hetero) is 1. The maximum absolute atomic E-state index is 12.6. The number of aryl methyl sites for hydroxylation is 2. The molecule has 6 heteroatoms. The first-order chi connectivity index (χ1) is 13.0. The summed E-state index contributed by atoms with van der Waals surface area (Å²) in [4.78, 5) is 24.5. The molecule has 4 nitrogen and oxygen atoms in total. The van der Waals surface area contributed by atoms with Crippen LogP contribution in [-0.4, -0.2) is 28.6 Å². The van der Waals surface area contributed by atoms with Crippen molar-refractivity contribution in [3.63, 3.8) is 0 Å². The Morgan fingerprint density at radius 2 is 2.07 bits per heavy atom. The molecular weight excluding hydrogens is 376 g/mol. The van der Waals surface area contributed by atoms with E-state index in [1.165, 1.54) is 34.0 Å². The van der Waals surface area contributed by atoms with Gasteiger partial charge >= 0.3 is 0 Å². The maximum atomic E-state index is 12.6. The van der Waals surface area contributed by atoms with Crippen LogP contribution >= 0.6 is 23.1 Å². The van der Waals surface area contributed by atoms with Crippen molar-refractivity contribution in [1.82, 2.24) is 9.97 Å². The van der Waals surface area contributed by atoms with Gasteiger partial charge in [0, 0.05) is 15.8 Å². The SMILES string of the molecule is COc1ccc(C(=O)CSc2nc(C)nc3sc4c(c23)CC[C@H](C)C4)cc1. The molecule has 0 bridgehead atoms. The molecule has 0 radical (unpaired) electrons. The number of thiophene rings is 1. The first-order valence-electron chi connectivity index (χ1n) is 9.14. The summed E-state index contributed by atoms with van der Waals surface area (Å²) in [6.07, 6.45) is 3.43. The van der Waals surface area contributed by atoms with Crippen LogP contribution in [0.4, 0.5) is 0 Å². The third kappa shape index (κ3) is 3.73. The van der Waals surface area contributed by atoms with Gasteiger partial charge < -0.3 is 4.74 Å². The van der Waals surface area contributed by atoms with E-state index in [0.29, 0.717) is 11.3 Å². The highest BCUT2D eigenvalue weighted by Crippen LogP contribution is 2.41. The van der Waals surface area contributed by atoms with Crippen molar-refractivity contribution in [3.8, 4) is 5.75 Å². The molecule has 1 atom stereocenters. The minimum Gasteiger partial charge on any atom is -0.497 e. The number of methoxy groups -OCH3 is 1. The van der Waals surface area contributed by atoms with Crippen LogP contribution in [-0.2, 0) is 12.8 Å². The summed E-state index contributed by atoms with van der Waals surface area (Å²) < 4.78 is 5.16. The predicted octanol–water partition coefficient (Wildman–Crippen LogP) is 5.11. The molecule has 2 aromatic heterocycles. The standard InChI is InChI=1S/C21H22N2O2S2/c1-12-4-9-16-18(10-12)27-21-19(16)20(22-13(2)23-21)26-11-17(24)14-5-7-15(25-3)8-6-14/h5-8,12H,4,9-11H2,1-3H3/t12-/m0/s1. The molecule has 27 heavy (non-hydrogen) atoms. The average Bonchev–Trinajstić information content (AvgIpc) is 3.02. The van der Waals surface area contributed by atoms with Crippen LogP contribution in [0.25, 0.3) is 10.2 Å². The first-order valence-corrected chi connectivity index (χ1v) is 10.9. The van der Waals surface area contributed by atoms with Crippen LogP contribution < -0.4 is 4.74 Å². The van der Waals surface area contributed by atoms with Crippen molar-refractivity contribution in [2.45, 2.75) is 38.1 Å². The molecule has 0 saturated heterocycles. The highest BCUT2D eigenvalue weighted by atomic mass is 32.2. The molecule has 0 spiro atoms. The molecule has 0 unspecified atom stereocenters. The van der Waals surface area contributed by atoms with Gasteiger partial charge in [0.1, 0.15) is 21.4 Å². The predicted molar refractivity (Wildman–Crippen MR) is 111 cm³/mol. The van der Waals surface area contributed by atoms with Crippen LogP contribution in [0.1, 0.15) is 40.0 Å². The lowest BCUT2D eigenvalue weighted by Crippen LogP contribution is -2.09. The topological polar surface area (TPSA) is 52.1 Å². The van der Waals surface area contributed by atoms with E-state index in [4.69, 9.17) is 4.74 Å². The lowest BCUT2D eigenvalue weighted by atomic mass is 9.89. The zero-order valence-electron chi connectivity index (χ0n) is 15.7. The molecule has 1 aliphatic carbocycles. The van der Waals surface area contributed by atoms with Crippen LogP contribution in [0.2, 0.25) is 0 Å². The summed E-state index contributed by atoms with van der Waals surface area (Å²) in [5.41, 5.74) is 2.11. The van der Waals surface area contributed by atoms with Gasteiger partial charge in [0.15, 0.2) is 5.78 Å². The fourth-order valence-corrected chi connectivity index (χ4v) is 6.00. The second-order valence-electron chi connectivity index (χ2n) is 7.05. The summed E-state index contributed by atoms with van der Waals surface area (Å²) in [7, 11) is 1.62. The van der Waals surface area contributed by atoms with Gasteiger partial charge in [-0.05, 0) is 61.9 Å². The van der Waals surface area contributed by atoms with Crippen molar-refractivity contribution < 1.29 is 9.53 Å². The highest BCUT2D eigenvalue weighted by molar-refractivity contribution is 8.00. The van der Waals surface area contributed by atoms with Gasteiger partial charge in [0.2, 0.25) is 0 Å². The third-order valence-corrected chi connectivity index (χ3v) is 7.11. The van der Waals surface area contributed by atoms with E-state index in [-0.39, 0.29) is 5.78 Å². The van der Waals surface area contributed by atoms with E-state index in [0.717, 1.165) is 40.2 Å². The number of aromatic nitrogens is 2. The lowest BCUT2D eigenvalue weighted by Gasteiger charge is -2.18. The number of carbonyl (C=O) groups is 1. The summed E-state index contributed by atoms with van der Waals surface area (Å²) in [5.74, 6) is 2.73. The van der Waals surface area contributed by atoms with E-state index in [1.54, 1.807) is 18.4 Å². The van der Waals surface area contributed by atoms with Gasteiger partial charge in [-0.15, -0.1) is 11.3 Å². The lowest BCUT2D eigenvalue weighted by molar-refractivity contribution is 0.102. The van der Waals surface area contributed by atoms with Crippen LogP contribution in [0.3, 0.4) is 0 Å². The van der Waals surface area contributed by atoms with Crippen LogP contribution in [0.15, 0.2) is 29.3 Å². The van der Waals surface area contributed by atoms with Crippen LogP contribution in [0, 0.1) is 12.8 Å². The Kier molecular flexibility index (Phi) is 5.19. The second kappa shape index (κ2) is 7.60. The molecule has 2 heterocycles. The quantitative estimate of drug-likeness (QED) is 0.340. The van der Waals surface area contributed by atoms with Gasteiger partial charge in [-0.3, -0.25) is 4.79 Å². The smallest absolute Gasteiger partial charge is 0.173 e. The average molecular weight is 399 g/mol. The van der Waals surface area contributed by atoms with E-state index >= 15 is 0 Å². The first kappa shape index (κ1) is 18.4. The molecule has 4 rings (SSSR count). The van der Waals surface area contributed by atoms with Gasteiger partial charge in [0.25, 0.3) is 0 Å². The van der Waals surface area contributed by atoms with E-state index in [9.17, 15) is 4.79 Å². The minimum absolute atomic E-state index is 0.102. The van der Waals surface area contributed by atoms with E-state index in [1.807, 2.05) is 31.2 Å². The molecule has 3 aromatic rings. The monoisotopic (exact) mass is 398 g/mol. The molecule has 0 saturated carbocycles. The Balaban J connectivity index is 1.60. The number of ketones is 1. The van der Waals surface area contributed by atoms with Crippen molar-refractivity contribution in [1.29, 1.82) is 0 Å². The largest absolute Gasteiger partial charge is 0.497 e. The number of hydrogen-bond donors (Lipinski definition) is 0. The van der Waals surface area contributed by atoms with E-state index < -0.39 is 0 Å². The Labute approximate surface area is 167 Å². The summed E-state index contributed by atoms with van der Waals surface area (Å²) >= 11 is 3.33. The summed E-state index contributed by atoms with van der Waals surface area (Å²) in [6.45, 7) is 4.24. The fourth-order valence-electron chi connectivity index (χ4n) is 3.51. The minimum atomic E-state index is 0.102. The third-order valence-electron chi connectivity index (χ3n) is 4.99. The number of fused-ring (bicyclic) bond motifs is 3. The Morgan fingerprint density at radius 3 is 2.81 bits per heavy atom. The highest BCUT2D eigenvalue weighted by Gasteiger charge is 2.24. The Bertz CT molecular complexity index is 996.